The van der Waals surface area contributed by atoms with Gasteiger partial charge in [-0.25, -0.2) is 0 Å². The van der Waals surface area contributed by atoms with Crippen molar-refractivity contribution in [1.29, 1.82) is 0 Å². The number of terminal acetylenes is 1. The topological polar surface area (TPSA) is 74.8 Å². The predicted octanol–water partition coefficient (Wildman–Crippen LogP) is 0.418. The molecule has 0 fully saturated rings. The fourth-order valence-corrected chi connectivity index (χ4v) is 1.55. The standard InChI is InChI=1S/C15H20N4O2/c1-4-12-6-5-7-13(10-12)19-14(20)11-18-15(16-2)17-8-9-21-3/h1,5-7,10H,8-9,11H2,2-3H3,(H,19,20)(H2,16,17,18). The Morgan fingerprint density at radius 2 is 2.24 bits per heavy atom. The molecule has 112 valence electrons. The maximum atomic E-state index is 11.8. The number of carbonyl (C=O) groups is 1. The Hall–Kier alpha value is -2.52. The molecule has 0 aliphatic carbocycles. The van der Waals surface area contributed by atoms with Crippen molar-refractivity contribution < 1.29 is 9.53 Å². The normalized spacial score (nSPS) is 10.6. The van der Waals surface area contributed by atoms with E-state index in [4.69, 9.17) is 11.2 Å². The first-order chi connectivity index (χ1) is 10.2. The Morgan fingerprint density at radius 1 is 1.43 bits per heavy atom. The van der Waals surface area contributed by atoms with E-state index in [2.05, 4.69) is 26.9 Å². The van der Waals surface area contributed by atoms with Gasteiger partial charge in [-0.1, -0.05) is 12.0 Å². The van der Waals surface area contributed by atoms with Crippen LogP contribution in [0.15, 0.2) is 29.3 Å². The van der Waals surface area contributed by atoms with Gasteiger partial charge in [-0.15, -0.1) is 6.42 Å². The molecule has 0 unspecified atom stereocenters. The molecular weight excluding hydrogens is 268 g/mol. The van der Waals surface area contributed by atoms with Gasteiger partial charge in [0.2, 0.25) is 5.91 Å². The average Bonchev–Trinajstić information content (AvgIpc) is 2.51. The summed E-state index contributed by atoms with van der Waals surface area (Å²) in [5.74, 6) is 2.88. The zero-order valence-electron chi connectivity index (χ0n) is 12.3. The Morgan fingerprint density at radius 3 is 2.90 bits per heavy atom. The Bertz CT molecular complexity index is 535. The largest absolute Gasteiger partial charge is 0.383 e. The van der Waals surface area contributed by atoms with Crippen LogP contribution in [0.5, 0.6) is 0 Å². The third-order valence-electron chi connectivity index (χ3n) is 2.55. The van der Waals surface area contributed by atoms with Crippen LogP contribution in [-0.4, -0.2) is 45.7 Å². The smallest absolute Gasteiger partial charge is 0.243 e. The summed E-state index contributed by atoms with van der Waals surface area (Å²) in [4.78, 5) is 15.8. The molecule has 0 spiro atoms. The first-order valence-electron chi connectivity index (χ1n) is 6.49. The molecule has 0 radical (unpaired) electrons. The van der Waals surface area contributed by atoms with Gasteiger partial charge in [-0.3, -0.25) is 9.79 Å². The summed E-state index contributed by atoms with van der Waals surface area (Å²) in [5.41, 5.74) is 1.39. The lowest BCUT2D eigenvalue weighted by Crippen LogP contribution is -2.42. The molecule has 0 bridgehead atoms. The molecule has 6 heteroatoms. The van der Waals surface area contributed by atoms with Crippen molar-refractivity contribution in [3.63, 3.8) is 0 Å². The molecule has 3 N–H and O–H groups in total. The van der Waals surface area contributed by atoms with E-state index in [1.54, 1.807) is 38.4 Å². The van der Waals surface area contributed by atoms with Gasteiger partial charge < -0.3 is 20.7 Å². The van der Waals surface area contributed by atoms with Crippen molar-refractivity contribution >= 4 is 17.6 Å². The predicted molar refractivity (Wildman–Crippen MR) is 84.2 cm³/mol. The minimum atomic E-state index is -0.182. The summed E-state index contributed by atoms with van der Waals surface area (Å²) in [5, 5.41) is 8.68. The first kappa shape index (κ1) is 16.5. The molecule has 0 aliphatic rings. The van der Waals surface area contributed by atoms with Gasteiger partial charge in [0, 0.05) is 32.0 Å². The van der Waals surface area contributed by atoms with Gasteiger partial charge in [-0.2, -0.15) is 0 Å². The SMILES string of the molecule is C#Cc1cccc(NC(=O)CNC(=NC)NCCOC)c1. The second kappa shape index (κ2) is 9.39. The highest BCUT2D eigenvalue weighted by Crippen LogP contribution is 2.09. The van der Waals surface area contributed by atoms with Crippen molar-refractivity contribution in [2.45, 2.75) is 0 Å². The van der Waals surface area contributed by atoms with Gasteiger partial charge in [0.1, 0.15) is 0 Å². The molecule has 1 amide bonds. The van der Waals surface area contributed by atoms with Crippen molar-refractivity contribution in [3.8, 4) is 12.3 Å². The molecule has 1 aromatic carbocycles. The lowest BCUT2D eigenvalue weighted by Gasteiger charge is -2.11. The molecule has 0 aromatic heterocycles. The van der Waals surface area contributed by atoms with E-state index < -0.39 is 0 Å². The van der Waals surface area contributed by atoms with Gasteiger partial charge in [-0.05, 0) is 18.2 Å². The molecule has 0 atom stereocenters. The molecule has 0 saturated heterocycles. The van der Waals surface area contributed by atoms with E-state index in [0.29, 0.717) is 24.8 Å². The molecule has 21 heavy (non-hydrogen) atoms. The van der Waals surface area contributed by atoms with E-state index in [0.717, 1.165) is 5.56 Å². The number of carbonyl (C=O) groups excluding carboxylic acids is 1. The van der Waals surface area contributed by atoms with E-state index in [-0.39, 0.29) is 12.5 Å². The van der Waals surface area contributed by atoms with Gasteiger partial charge >= 0.3 is 0 Å². The number of guanidine groups is 1. The number of amides is 1. The Balaban J connectivity index is 2.41. The summed E-state index contributed by atoms with van der Waals surface area (Å²) in [7, 11) is 3.26. The Kier molecular flexibility index (Phi) is 7.40. The molecule has 0 aliphatic heterocycles. The summed E-state index contributed by atoms with van der Waals surface area (Å²) in [6.45, 7) is 1.28. The molecule has 6 nitrogen and oxygen atoms in total. The third kappa shape index (κ3) is 6.45. The van der Waals surface area contributed by atoms with Crippen LogP contribution in [0.1, 0.15) is 5.56 Å². The minimum absolute atomic E-state index is 0.104. The van der Waals surface area contributed by atoms with Crippen LogP contribution < -0.4 is 16.0 Å². The fourth-order valence-electron chi connectivity index (χ4n) is 1.55. The van der Waals surface area contributed by atoms with Crippen LogP contribution in [-0.2, 0) is 9.53 Å². The van der Waals surface area contributed by atoms with Crippen LogP contribution in [0.2, 0.25) is 0 Å². The van der Waals surface area contributed by atoms with Crippen LogP contribution in [0.3, 0.4) is 0 Å². The van der Waals surface area contributed by atoms with Gasteiger partial charge in [0.15, 0.2) is 5.96 Å². The summed E-state index contributed by atoms with van der Waals surface area (Å²) < 4.78 is 4.92. The van der Waals surface area contributed by atoms with Crippen LogP contribution in [0, 0.1) is 12.3 Å². The van der Waals surface area contributed by atoms with Crippen LogP contribution in [0.4, 0.5) is 5.69 Å². The lowest BCUT2D eigenvalue weighted by atomic mass is 10.2. The maximum absolute atomic E-state index is 11.8. The van der Waals surface area contributed by atoms with Gasteiger partial charge in [0.25, 0.3) is 0 Å². The number of benzene rings is 1. The molecule has 1 rings (SSSR count). The minimum Gasteiger partial charge on any atom is -0.383 e. The number of aliphatic imine (C=N–C) groups is 1. The van der Waals surface area contributed by atoms with Crippen molar-refractivity contribution in [2.75, 3.05) is 39.2 Å². The zero-order chi connectivity index (χ0) is 15.5. The quantitative estimate of drug-likeness (QED) is 0.307. The monoisotopic (exact) mass is 288 g/mol. The number of hydrogen-bond donors (Lipinski definition) is 3. The van der Waals surface area contributed by atoms with Crippen molar-refractivity contribution in [1.82, 2.24) is 10.6 Å². The third-order valence-corrected chi connectivity index (χ3v) is 2.55. The highest BCUT2D eigenvalue weighted by Gasteiger charge is 2.04. The van der Waals surface area contributed by atoms with E-state index in [9.17, 15) is 4.79 Å². The van der Waals surface area contributed by atoms with E-state index >= 15 is 0 Å². The second-order valence-corrected chi connectivity index (χ2v) is 4.12. The summed E-state index contributed by atoms with van der Waals surface area (Å²) in [6, 6.07) is 7.12. The number of methoxy groups -OCH3 is 1. The maximum Gasteiger partial charge on any atom is 0.243 e. The van der Waals surface area contributed by atoms with E-state index in [1.165, 1.54) is 0 Å². The summed E-state index contributed by atoms with van der Waals surface area (Å²) in [6.07, 6.45) is 5.31. The highest BCUT2D eigenvalue weighted by atomic mass is 16.5. The second-order valence-electron chi connectivity index (χ2n) is 4.12. The number of ether oxygens (including phenoxy) is 1. The molecule has 1 aromatic rings. The van der Waals surface area contributed by atoms with Crippen molar-refractivity contribution in [3.05, 3.63) is 29.8 Å². The van der Waals surface area contributed by atoms with Crippen LogP contribution in [0.25, 0.3) is 0 Å². The number of anilines is 1. The van der Waals surface area contributed by atoms with Crippen molar-refractivity contribution in [2.24, 2.45) is 4.99 Å². The zero-order valence-corrected chi connectivity index (χ0v) is 12.3. The fraction of sp³-hybridized carbons (Fsp3) is 0.333. The van der Waals surface area contributed by atoms with Gasteiger partial charge in [0.05, 0.1) is 13.2 Å². The highest BCUT2D eigenvalue weighted by molar-refractivity contribution is 5.95. The summed E-state index contributed by atoms with van der Waals surface area (Å²) >= 11 is 0. The average molecular weight is 288 g/mol. The number of nitrogens with zero attached hydrogens (tertiary/aromatic N) is 1. The number of rotatable bonds is 6. The van der Waals surface area contributed by atoms with Crippen LogP contribution >= 0.6 is 0 Å². The lowest BCUT2D eigenvalue weighted by molar-refractivity contribution is -0.115. The molecular formula is C15H20N4O2. The number of nitrogens with one attached hydrogen (secondary N) is 3. The number of hydrogen-bond acceptors (Lipinski definition) is 3. The molecule has 0 saturated carbocycles. The first-order valence-corrected chi connectivity index (χ1v) is 6.49. The van der Waals surface area contributed by atoms with E-state index in [1.807, 2.05) is 0 Å². The molecule has 0 heterocycles. The Labute approximate surface area is 125 Å².